The first kappa shape index (κ1) is 19.2. The molecule has 4 nitrogen and oxygen atoms in total. The Morgan fingerprint density at radius 1 is 1.35 bits per heavy atom. The van der Waals surface area contributed by atoms with Crippen LogP contribution in [0.2, 0.25) is 0 Å². The minimum absolute atomic E-state index is 0. The van der Waals surface area contributed by atoms with Crippen molar-refractivity contribution in [1.82, 2.24) is 10.2 Å². The van der Waals surface area contributed by atoms with Crippen LogP contribution in [0.15, 0.2) is 18.2 Å². The number of phenolic OH excluding ortho intramolecular Hbond substituents is 1. The third kappa shape index (κ3) is 4.38. The van der Waals surface area contributed by atoms with Gasteiger partial charge in [0.25, 0.3) is 0 Å². The second kappa shape index (κ2) is 9.23. The first-order chi connectivity index (χ1) is 8.76. The molecule has 0 spiro atoms. The van der Waals surface area contributed by atoms with Crippen LogP contribution in [0, 0.1) is 0 Å². The molecule has 2 N–H and O–H groups in total. The van der Waals surface area contributed by atoms with Crippen molar-refractivity contribution >= 4 is 24.8 Å². The normalized spacial score (nSPS) is 16.7. The summed E-state index contributed by atoms with van der Waals surface area (Å²) in [5.41, 5.74) is 0.596. The highest BCUT2D eigenvalue weighted by Gasteiger charge is 2.24. The molecule has 2 rings (SSSR count). The third-order valence-electron chi connectivity index (χ3n) is 3.33. The zero-order valence-corrected chi connectivity index (χ0v) is 13.0. The van der Waals surface area contributed by atoms with Gasteiger partial charge in [-0.05, 0) is 18.2 Å². The van der Waals surface area contributed by atoms with Crippen LogP contribution < -0.4 is 10.1 Å². The summed E-state index contributed by atoms with van der Waals surface area (Å²) in [6.07, 6.45) is 0. The first-order valence-corrected chi connectivity index (χ1v) is 6.14. The standard InChI is InChI=1S/C13H19FN2O2.2ClH/c1-18-10-2-3-13(17)11(8-10)12(9-14)16-6-4-15-5-7-16;;/h2-3,8,12,15,17H,4-7,9H2,1H3;2*1H/t12-;;/m1../s1. The Bertz CT molecular complexity index is 404. The number of benzene rings is 1. The molecule has 1 aliphatic heterocycles. The Kier molecular flexibility index (Phi) is 8.89. The van der Waals surface area contributed by atoms with Crippen LogP contribution >= 0.6 is 24.8 Å². The summed E-state index contributed by atoms with van der Waals surface area (Å²) in [5.74, 6) is 0.758. The monoisotopic (exact) mass is 326 g/mol. The minimum atomic E-state index is -0.513. The third-order valence-corrected chi connectivity index (χ3v) is 3.33. The first-order valence-electron chi connectivity index (χ1n) is 6.14. The number of nitrogens with one attached hydrogen (secondary N) is 1. The Balaban J connectivity index is 0.00000180. The molecule has 0 amide bonds. The molecular weight excluding hydrogens is 306 g/mol. The van der Waals surface area contributed by atoms with Crippen LogP contribution in [-0.4, -0.2) is 50.0 Å². The number of piperazine rings is 1. The van der Waals surface area contributed by atoms with E-state index in [1.807, 2.05) is 4.90 Å². The van der Waals surface area contributed by atoms with Gasteiger partial charge in [0.05, 0.1) is 13.2 Å². The number of aromatic hydroxyl groups is 1. The molecule has 0 aliphatic carbocycles. The average Bonchev–Trinajstić information content (AvgIpc) is 2.43. The molecule has 1 fully saturated rings. The fourth-order valence-electron chi connectivity index (χ4n) is 2.30. The second-order valence-corrected chi connectivity index (χ2v) is 4.38. The van der Waals surface area contributed by atoms with Crippen LogP contribution in [0.1, 0.15) is 11.6 Å². The predicted octanol–water partition coefficient (Wildman–Crippen LogP) is 2.16. The van der Waals surface area contributed by atoms with Crippen LogP contribution in [0.4, 0.5) is 4.39 Å². The number of alkyl halides is 1. The quantitative estimate of drug-likeness (QED) is 0.890. The molecule has 0 saturated carbocycles. The topological polar surface area (TPSA) is 44.7 Å². The van der Waals surface area contributed by atoms with E-state index >= 15 is 0 Å². The molecule has 1 aromatic carbocycles. The molecule has 0 aromatic heterocycles. The largest absolute Gasteiger partial charge is 0.508 e. The Labute approximate surface area is 131 Å². The number of hydrogen-bond acceptors (Lipinski definition) is 4. The van der Waals surface area contributed by atoms with Crippen molar-refractivity contribution in [1.29, 1.82) is 0 Å². The van der Waals surface area contributed by atoms with Crippen molar-refractivity contribution in [3.05, 3.63) is 23.8 Å². The molecule has 1 saturated heterocycles. The summed E-state index contributed by atoms with van der Waals surface area (Å²) in [6.45, 7) is 2.75. The summed E-state index contributed by atoms with van der Waals surface area (Å²) in [5, 5.41) is 13.1. The summed E-state index contributed by atoms with van der Waals surface area (Å²) in [4.78, 5) is 2.05. The van der Waals surface area contributed by atoms with Crippen molar-refractivity contribution in [2.45, 2.75) is 6.04 Å². The van der Waals surface area contributed by atoms with Gasteiger partial charge in [-0.15, -0.1) is 24.8 Å². The maximum Gasteiger partial charge on any atom is 0.120 e. The van der Waals surface area contributed by atoms with E-state index in [0.29, 0.717) is 11.3 Å². The maximum atomic E-state index is 13.3. The number of nitrogens with zero attached hydrogens (tertiary/aromatic N) is 1. The molecule has 0 radical (unpaired) electrons. The van der Waals surface area contributed by atoms with Crippen molar-refractivity contribution in [3.8, 4) is 11.5 Å². The number of rotatable bonds is 4. The second-order valence-electron chi connectivity index (χ2n) is 4.38. The molecule has 1 heterocycles. The van der Waals surface area contributed by atoms with Crippen LogP contribution in [0.25, 0.3) is 0 Å². The Morgan fingerprint density at radius 2 is 2.00 bits per heavy atom. The number of hydrogen-bond donors (Lipinski definition) is 2. The molecule has 20 heavy (non-hydrogen) atoms. The van der Waals surface area contributed by atoms with Gasteiger partial charge in [0.15, 0.2) is 0 Å². The van der Waals surface area contributed by atoms with Crippen LogP contribution in [0.5, 0.6) is 11.5 Å². The fraction of sp³-hybridized carbons (Fsp3) is 0.538. The van der Waals surface area contributed by atoms with Crippen LogP contribution in [-0.2, 0) is 0 Å². The zero-order valence-electron chi connectivity index (χ0n) is 11.3. The van der Waals surface area contributed by atoms with Crippen molar-refractivity contribution in [3.63, 3.8) is 0 Å². The molecule has 0 unspecified atom stereocenters. The number of phenols is 1. The minimum Gasteiger partial charge on any atom is -0.508 e. The van der Waals surface area contributed by atoms with Gasteiger partial charge in [0.1, 0.15) is 18.2 Å². The lowest BCUT2D eigenvalue weighted by molar-refractivity contribution is 0.145. The predicted molar refractivity (Wildman–Crippen MR) is 82.3 cm³/mol. The Morgan fingerprint density at radius 3 is 2.55 bits per heavy atom. The fourth-order valence-corrected chi connectivity index (χ4v) is 2.30. The van der Waals surface area contributed by atoms with Crippen molar-refractivity contribution < 1.29 is 14.2 Å². The van der Waals surface area contributed by atoms with Gasteiger partial charge in [0.2, 0.25) is 0 Å². The van der Waals surface area contributed by atoms with Gasteiger partial charge in [0, 0.05) is 31.7 Å². The molecule has 0 bridgehead atoms. The van der Waals surface area contributed by atoms with Gasteiger partial charge in [-0.3, -0.25) is 4.90 Å². The summed E-state index contributed by atoms with van der Waals surface area (Å²) in [7, 11) is 1.56. The summed E-state index contributed by atoms with van der Waals surface area (Å²) >= 11 is 0. The molecule has 1 aliphatic rings. The van der Waals surface area contributed by atoms with Gasteiger partial charge in [-0.1, -0.05) is 0 Å². The van der Waals surface area contributed by atoms with E-state index in [2.05, 4.69) is 5.32 Å². The van der Waals surface area contributed by atoms with Gasteiger partial charge in [-0.25, -0.2) is 4.39 Å². The zero-order chi connectivity index (χ0) is 13.0. The molecular formula is C13H21Cl2FN2O2. The highest BCUT2D eigenvalue weighted by molar-refractivity contribution is 5.85. The smallest absolute Gasteiger partial charge is 0.120 e. The number of halogens is 3. The van der Waals surface area contributed by atoms with E-state index < -0.39 is 12.7 Å². The lowest BCUT2D eigenvalue weighted by Crippen LogP contribution is -2.45. The lowest BCUT2D eigenvalue weighted by atomic mass is 10.0. The number of ether oxygens (including phenoxy) is 1. The van der Waals surface area contributed by atoms with E-state index in [1.165, 1.54) is 0 Å². The van der Waals surface area contributed by atoms with Crippen molar-refractivity contribution in [2.24, 2.45) is 0 Å². The lowest BCUT2D eigenvalue weighted by Gasteiger charge is -2.34. The molecule has 1 atom stereocenters. The number of methoxy groups -OCH3 is 1. The maximum absolute atomic E-state index is 13.3. The van der Waals surface area contributed by atoms with Gasteiger partial charge in [-0.2, -0.15) is 0 Å². The van der Waals surface area contributed by atoms with Crippen molar-refractivity contribution in [2.75, 3.05) is 40.0 Å². The highest BCUT2D eigenvalue weighted by atomic mass is 35.5. The van der Waals surface area contributed by atoms with E-state index in [9.17, 15) is 9.50 Å². The highest BCUT2D eigenvalue weighted by Crippen LogP contribution is 2.32. The SMILES string of the molecule is COc1ccc(O)c([C@@H](CF)N2CCNCC2)c1.Cl.Cl. The van der Waals surface area contributed by atoms with E-state index in [0.717, 1.165) is 26.2 Å². The Hall–Kier alpha value is -0.750. The van der Waals surface area contributed by atoms with E-state index in [-0.39, 0.29) is 30.6 Å². The molecule has 7 heteroatoms. The van der Waals surface area contributed by atoms with E-state index in [1.54, 1.807) is 25.3 Å². The van der Waals surface area contributed by atoms with Gasteiger partial charge < -0.3 is 15.2 Å². The summed E-state index contributed by atoms with van der Waals surface area (Å²) in [6, 6.07) is 4.54. The average molecular weight is 327 g/mol. The van der Waals surface area contributed by atoms with Crippen LogP contribution in [0.3, 0.4) is 0 Å². The summed E-state index contributed by atoms with van der Waals surface area (Å²) < 4.78 is 18.5. The molecule has 1 aromatic rings. The van der Waals surface area contributed by atoms with Gasteiger partial charge >= 0.3 is 0 Å². The van der Waals surface area contributed by atoms with E-state index in [4.69, 9.17) is 4.74 Å². The molecule has 116 valence electrons.